The topological polar surface area (TPSA) is 59.5 Å². The molecule has 0 radical (unpaired) electrons. The molecule has 0 aliphatic carbocycles. The molecule has 5 nitrogen and oxygen atoms in total. The summed E-state index contributed by atoms with van der Waals surface area (Å²) in [4.78, 5) is 4.18. The Hall–Kier alpha value is -1.70. The third-order valence-electron chi connectivity index (χ3n) is 4.12. The molecule has 0 N–H and O–H groups in total. The van der Waals surface area contributed by atoms with Crippen molar-refractivity contribution in [2.45, 2.75) is 30.8 Å². The lowest BCUT2D eigenvalue weighted by molar-refractivity contribution is 0.134. The van der Waals surface area contributed by atoms with E-state index in [0.29, 0.717) is 31.7 Å². The lowest BCUT2D eigenvalue weighted by Gasteiger charge is -2.31. The van der Waals surface area contributed by atoms with E-state index in [4.69, 9.17) is 16.3 Å². The number of benzene rings is 1. The molecule has 1 aromatic carbocycles. The lowest BCUT2D eigenvalue weighted by atomic mass is 10.1. The predicted molar refractivity (Wildman–Crippen MR) is 92.8 cm³/mol. The first-order valence-electron chi connectivity index (χ1n) is 7.91. The number of rotatable bonds is 4. The average molecular weight is 385 g/mol. The van der Waals surface area contributed by atoms with Gasteiger partial charge in [0.05, 0.1) is 16.1 Å². The van der Waals surface area contributed by atoms with Crippen molar-refractivity contribution in [3.05, 3.63) is 53.1 Å². The minimum Gasteiger partial charge on any atom is -0.489 e. The number of hydrogen-bond acceptors (Lipinski definition) is 4. The molecule has 25 heavy (non-hydrogen) atoms. The minimum absolute atomic E-state index is 0.000929. The molecule has 0 atom stereocenters. The van der Waals surface area contributed by atoms with Crippen LogP contribution in [0.25, 0.3) is 0 Å². The Kier molecular flexibility index (Phi) is 5.27. The molecule has 3 rings (SSSR count). The quantitative estimate of drug-likeness (QED) is 0.810. The molecule has 1 aliphatic rings. The highest BCUT2D eigenvalue weighted by atomic mass is 35.5. The van der Waals surface area contributed by atoms with Crippen LogP contribution in [0.1, 0.15) is 18.5 Å². The standard InChI is InChI=1S/C17H18ClFN2O3S/c1-12-2-3-14(11-20-12)24-13-6-8-21(9-7-13)25(22,23)15-4-5-17(19)16(18)10-15/h2-5,10-11,13H,6-9H2,1H3. The zero-order chi connectivity index (χ0) is 18.0. The third kappa shape index (κ3) is 4.11. The van der Waals surface area contributed by atoms with Crippen LogP contribution in [-0.2, 0) is 10.0 Å². The molecule has 0 spiro atoms. The highest BCUT2D eigenvalue weighted by Gasteiger charge is 2.30. The monoisotopic (exact) mass is 384 g/mol. The van der Waals surface area contributed by atoms with Crippen LogP contribution in [0.2, 0.25) is 5.02 Å². The smallest absolute Gasteiger partial charge is 0.243 e. The third-order valence-corrected chi connectivity index (χ3v) is 6.30. The summed E-state index contributed by atoms with van der Waals surface area (Å²) in [6, 6.07) is 7.17. The van der Waals surface area contributed by atoms with Crippen molar-refractivity contribution in [2.24, 2.45) is 0 Å². The van der Waals surface area contributed by atoms with Crippen LogP contribution in [0.4, 0.5) is 4.39 Å². The number of hydrogen-bond donors (Lipinski definition) is 0. The summed E-state index contributed by atoms with van der Waals surface area (Å²) in [5.74, 6) is 0.0386. The molecule has 0 saturated carbocycles. The van der Waals surface area contributed by atoms with Gasteiger partial charge in [0.1, 0.15) is 17.7 Å². The zero-order valence-corrected chi connectivity index (χ0v) is 15.2. The van der Waals surface area contributed by atoms with E-state index in [9.17, 15) is 12.8 Å². The summed E-state index contributed by atoms with van der Waals surface area (Å²) in [5.41, 5.74) is 0.909. The first-order valence-corrected chi connectivity index (χ1v) is 9.72. The molecule has 0 unspecified atom stereocenters. The summed E-state index contributed by atoms with van der Waals surface area (Å²) in [7, 11) is -3.69. The van der Waals surface area contributed by atoms with Crippen LogP contribution in [0.5, 0.6) is 5.75 Å². The van der Waals surface area contributed by atoms with Crippen LogP contribution in [0, 0.1) is 12.7 Å². The van der Waals surface area contributed by atoms with E-state index in [0.717, 1.165) is 17.8 Å². The molecule has 2 aromatic rings. The van der Waals surface area contributed by atoms with E-state index in [1.165, 1.54) is 10.4 Å². The summed E-state index contributed by atoms with van der Waals surface area (Å²) < 4.78 is 45.8. The van der Waals surface area contributed by atoms with Crippen LogP contribution in [0.3, 0.4) is 0 Å². The van der Waals surface area contributed by atoms with E-state index < -0.39 is 15.8 Å². The molecule has 2 heterocycles. The number of piperidine rings is 1. The Bertz CT molecular complexity index is 851. The molecule has 1 saturated heterocycles. The highest BCUT2D eigenvalue weighted by molar-refractivity contribution is 7.89. The van der Waals surface area contributed by atoms with Gasteiger partial charge in [-0.3, -0.25) is 4.98 Å². The van der Waals surface area contributed by atoms with Gasteiger partial charge in [-0.15, -0.1) is 0 Å². The van der Waals surface area contributed by atoms with Crippen molar-refractivity contribution in [1.82, 2.24) is 9.29 Å². The van der Waals surface area contributed by atoms with Crippen LogP contribution < -0.4 is 4.74 Å². The molecule has 134 valence electrons. The van der Waals surface area contributed by atoms with Gasteiger partial charge in [0.15, 0.2) is 0 Å². The van der Waals surface area contributed by atoms with E-state index >= 15 is 0 Å². The molecular formula is C17H18ClFN2O3S. The Morgan fingerprint density at radius 3 is 2.56 bits per heavy atom. The van der Waals surface area contributed by atoms with Crippen molar-refractivity contribution >= 4 is 21.6 Å². The number of ether oxygens (including phenoxy) is 1. The van der Waals surface area contributed by atoms with E-state index in [1.54, 1.807) is 6.20 Å². The lowest BCUT2D eigenvalue weighted by Crippen LogP contribution is -2.41. The molecule has 1 aromatic heterocycles. The van der Waals surface area contributed by atoms with Crippen molar-refractivity contribution in [3.63, 3.8) is 0 Å². The van der Waals surface area contributed by atoms with Crippen LogP contribution in [-0.4, -0.2) is 36.9 Å². The highest BCUT2D eigenvalue weighted by Crippen LogP contribution is 2.26. The Morgan fingerprint density at radius 2 is 1.96 bits per heavy atom. The second-order valence-electron chi connectivity index (χ2n) is 5.93. The summed E-state index contributed by atoms with van der Waals surface area (Å²) in [6.45, 7) is 2.57. The summed E-state index contributed by atoms with van der Waals surface area (Å²) >= 11 is 5.70. The van der Waals surface area contributed by atoms with Crippen molar-refractivity contribution in [3.8, 4) is 5.75 Å². The van der Waals surface area contributed by atoms with Gasteiger partial charge in [-0.25, -0.2) is 12.8 Å². The fraction of sp³-hybridized carbons (Fsp3) is 0.353. The SMILES string of the molecule is Cc1ccc(OC2CCN(S(=O)(=O)c3ccc(F)c(Cl)c3)CC2)cn1. The molecule has 0 amide bonds. The van der Waals surface area contributed by atoms with Gasteiger partial charge in [0, 0.05) is 18.8 Å². The van der Waals surface area contributed by atoms with Gasteiger partial charge >= 0.3 is 0 Å². The second-order valence-corrected chi connectivity index (χ2v) is 8.28. The molecule has 1 fully saturated rings. The fourth-order valence-electron chi connectivity index (χ4n) is 2.69. The largest absolute Gasteiger partial charge is 0.489 e. The Balaban J connectivity index is 1.64. The number of pyridine rings is 1. The first-order chi connectivity index (χ1) is 11.9. The normalized spacial score (nSPS) is 16.8. The van der Waals surface area contributed by atoms with Crippen molar-refractivity contribution in [2.75, 3.05) is 13.1 Å². The number of aryl methyl sites for hydroxylation is 1. The Morgan fingerprint density at radius 1 is 1.24 bits per heavy atom. The van der Waals surface area contributed by atoms with E-state index in [2.05, 4.69) is 4.98 Å². The van der Waals surface area contributed by atoms with Gasteiger partial charge in [0.2, 0.25) is 10.0 Å². The van der Waals surface area contributed by atoms with E-state index in [-0.39, 0.29) is 16.0 Å². The maximum atomic E-state index is 13.3. The van der Waals surface area contributed by atoms with Gasteiger partial charge in [-0.1, -0.05) is 11.6 Å². The minimum atomic E-state index is -3.69. The zero-order valence-electron chi connectivity index (χ0n) is 13.7. The first kappa shape index (κ1) is 18.1. The van der Waals surface area contributed by atoms with Crippen LogP contribution >= 0.6 is 11.6 Å². The number of sulfonamides is 1. The van der Waals surface area contributed by atoms with E-state index in [1.807, 2.05) is 19.1 Å². The molecular weight excluding hydrogens is 367 g/mol. The second kappa shape index (κ2) is 7.27. The average Bonchev–Trinajstić information content (AvgIpc) is 2.60. The molecule has 0 bridgehead atoms. The molecule has 8 heteroatoms. The van der Waals surface area contributed by atoms with Gasteiger partial charge in [-0.05, 0) is 50.1 Å². The summed E-state index contributed by atoms with van der Waals surface area (Å²) in [6.07, 6.45) is 2.75. The van der Waals surface area contributed by atoms with Gasteiger partial charge in [0.25, 0.3) is 0 Å². The number of aromatic nitrogens is 1. The number of halogens is 2. The number of nitrogens with zero attached hydrogens (tertiary/aromatic N) is 2. The van der Waals surface area contributed by atoms with Gasteiger partial charge in [-0.2, -0.15) is 4.31 Å². The van der Waals surface area contributed by atoms with Crippen molar-refractivity contribution < 1.29 is 17.5 Å². The Labute approximate surface area is 151 Å². The predicted octanol–water partition coefficient (Wildman–Crippen LogP) is 3.41. The van der Waals surface area contributed by atoms with Crippen molar-refractivity contribution in [1.29, 1.82) is 0 Å². The maximum Gasteiger partial charge on any atom is 0.243 e. The van der Waals surface area contributed by atoms with Gasteiger partial charge < -0.3 is 4.74 Å². The maximum absolute atomic E-state index is 13.3. The summed E-state index contributed by atoms with van der Waals surface area (Å²) in [5, 5.41) is -0.203. The van der Waals surface area contributed by atoms with Crippen LogP contribution in [0.15, 0.2) is 41.4 Å². The molecule has 1 aliphatic heterocycles. The fourth-order valence-corrected chi connectivity index (χ4v) is 4.43.